The highest BCUT2D eigenvalue weighted by Crippen LogP contribution is 2.24. The number of likely N-dealkylation sites (tertiary alicyclic amines) is 1. The van der Waals surface area contributed by atoms with Gasteiger partial charge < -0.3 is 25.1 Å². The number of carbonyl (C=O) groups excluding carboxylic acids is 1. The molecule has 2 aliphatic heterocycles. The van der Waals surface area contributed by atoms with Gasteiger partial charge in [0.25, 0.3) is 5.91 Å². The molecule has 0 saturated carbocycles. The number of anilines is 1. The smallest absolute Gasteiger partial charge is 0.326 e. The lowest BCUT2D eigenvalue weighted by atomic mass is 10.00. The minimum Gasteiger partial charge on any atom is -0.480 e. The molecule has 0 spiro atoms. The fourth-order valence-corrected chi connectivity index (χ4v) is 5.18. The lowest BCUT2D eigenvalue weighted by Crippen LogP contribution is -2.43. The fraction of sp³-hybridized carbons (Fsp3) is 0.429. The van der Waals surface area contributed by atoms with Crippen molar-refractivity contribution in [2.24, 2.45) is 5.92 Å². The van der Waals surface area contributed by atoms with Crippen LogP contribution in [0.25, 0.3) is 11.5 Å². The maximum Gasteiger partial charge on any atom is 0.326 e. The molecule has 9 nitrogen and oxygen atoms in total. The highest BCUT2D eigenvalue weighted by Gasteiger charge is 2.26. The monoisotopic (exact) mass is 503 g/mol. The first-order chi connectivity index (χ1) is 18.0. The molecule has 2 aromatic heterocycles. The maximum absolute atomic E-state index is 12.8. The molecular formula is C28H33N5O4. The molecular weight excluding hydrogens is 470 g/mol. The Morgan fingerprint density at radius 1 is 1.27 bits per heavy atom. The molecule has 194 valence electrons. The van der Waals surface area contributed by atoms with Crippen LogP contribution in [0.3, 0.4) is 0 Å². The molecule has 2 atom stereocenters. The van der Waals surface area contributed by atoms with E-state index in [1.165, 1.54) is 18.0 Å². The number of hydrogen-bond donors (Lipinski definition) is 3. The number of carbonyl (C=O) groups is 2. The molecule has 1 amide bonds. The van der Waals surface area contributed by atoms with Gasteiger partial charge in [-0.3, -0.25) is 4.79 Å². The van der Waals surface area contributed by atoms with Crippen LogP contribution in [0.1, 0.15) is 47.3 Å². The van der Waals surface area contributed by atoms with Gasteiger partial charge in [0.15, 0.2) is 0 Å². The van der Waals surface area contributed by atoms with Crippen molar-refractivity contribution >= 4 is 17.7 Å². The Hall–Kier alpha value is -3.72. The second-order valence-electron chi connectivity index (χ2n) is 9.91. The predicted molar refractivity (Wildman–Crippen MR) is 139 cm³/mol. The normalized spacial score (nSPS) is 18.1. The van der Waals surface area contributed by atoms with E-state index in [4.69, 9.17) is 9.40 Å². The molecule has 3 N–H and O–H groups in total. The number of oxazole rings is 1. The third kappa shape index (κ3) is 6.35. The number of aryl methyl sites for hydroxylation is 2. The Bertz CT molecular complexity index is 1230. The van der Waals surface area contributed by atoms with Crippen molar-refractivity contribution in [2.45, 2.75) is 44.6 Å². The van der Waals surface area contributed by atoms with Gasteiger partial charge in [-0.05, 0) is 80.8 Å². The SMILES string of the molecule is O=C(N[C@@H](CCN1CC[C@@H](CCc2ccc3c(n2)NCCC3)C1)C(=O)O)c1cccc(-c2ncco2)c1. The second-order valence-corrected chi connectivity index (χ2v) is 9.91. The zero-order valence-electron chi connectivity index (χ0n) is 20.9. The van der Waals surface area contributed by atoms with Gasteiger partial charge in [-0.1, -0.05) is 12.1 Å². The van der Waals surface area contributed by atoms with Crippen molar-refractivity contribution in [3.63, 3.8) is 0 Å². The number of hydrogen-bond acceptors (Lipinski definition) is 7. The summed E-state index contributed by atoms with van der Waals surface area (Å²) in [5, 5.41) is 15.8. The highest BCUT2D eigenvalue weighted by molar-refractivity contribution is 5.97. The number of aromatic nitrogens is 2. The Kier molecular flexibility index (Phi) is 7.79. The summed E-state index contributed by atoms with van der Waals surface area (Å²) < 4.78 is 5.29. The standard InChI is InChI=1S/C28H33N5O4/c34-26(21-3-1-4-22(17-21)27-30-13-16-37-27)32-24(28(35)36)11-15-33-14-10-19(18-33)6-8-23-9-7-20-5-2-12-29-25(20)31-23/h1,3-4,7,9,13,16-17,19,24H,2,5-6,8,10-12,14-15,18H2,(H,29,31)(H,32,34)(H,35,36)/t19-,24+/m1/s1. The molecule has 0 radical (unpaired) electrons. The quantitative estimate of drug-likeness (QED) is 0.384. The number of carboxylic acid groups (broad SMARTS) is 1. The van der Waals surface area contributed by atoms with Gasteiger partial charge in [0.2, 0.25) is 5.89 Å². The van der Waals surface area contributed by atoms with E-state index in [2.05, 4.69) is 32.7 Å². The van der Waals surface area contributed by atoms with Crippen LogP contribution in [0.2, 0.25) is 0 Å². The van der Waals surface area contributed by atoms with E-state index in [9.17, 15) is 14.7 Å². The topological polar surface area (TPSA) is 121 Å². The minimum atomic E-state index is -1.03. The maximum atomic E-state index is 12.8. The lowest BCUT2D eigenvalue weighted by Gasteiger charge is -2.20. The Morgan fingerprint density at radius 3 is 3.03 bits per heavy atom. The molecule has 0 aliphatic carbocycles. The van der Waals surface area contributed by atoms with Crippen molar-refractivity contribution in [1.82, 2.24) is 20.2 Å². The Morgan fingerprint density at radius 2 is 2.19 bits per heavy atom. The third-order valence-corrected chi connectivity index (χ3v) is 7.27. The van der Waals surface area contributed by atoms with Gasteiger partial charge >= 0.3 is 5.97 Å². The van der Waals surface area contributed by atoms with Crippen LogP contribution in [0.5, 0.6) is 0 Å². The van der Waals surface area contributed by atoms with Crippen LogP contribution >= 0.6 is 0 Å². The summed E-state index contributed by atoms with van der Waals surface area (Å²) in [6.07, 6.45) is 8.73. The first-order valence-corrected chi connectivity index (χ1v) is 13.0. The zero-order valence-corrected chi connectivity index (χ0v) is 20.9. The first kappa shape index (κ1) is 25.0. The van der Waals surface area contributed by atoms with Crippen LogP contribution in [-0.4, -0.2) is 64.1 Å². The van der Waals surface area contributed by atoms with Gasteiger partial charge in [-0.2, -0.15) is 0 Å². The summed E-state index contributed by atoms with van der Waals surface area (Å²) in [5.74, 6) is 0.573. The number of amides is 1. The van der Waals surface area contributed by atoms with E-state index in [-0.39, 0.29) is 0 Å². The van der Waals surface area contributed by atoms with Crippen LogP contribution < -0.4 is 10.6 Å². The van der Waals surface area contributed by atoms with E-state index in [1.54, 1.807) is 24.3 Å². The van der Waals surface area contributed by atoms with Gasteiger partial charge in [0, 0.05) is 36.5 Å². The number of carboxylic acids is 1. The molecule has 3 aromatic rings. The van der Waals surface area contributed by atoms with Crippen molar-refractivity contribution < 1.29 is 19.1 Å². The number of nitrogens with one attached hydrogen (secondary N) is 2. The van der Waals surface area contributed by atoms with Crippen molar-refractivity contribution in [2.75, 3.05) is 31.5 Å². The average molecular weight is 504 g/mol. The molecule has 1 fully saturated rings. The van der Waals surface area contributed by atoms with Crippen LogP contribution in [0.15, 0.2) is 53.3 Å². The number of rotatable bonds is 10. The average Bonchev–Trinajstić information content (AvgIpc) is 3.62. The summed E-state index contributed by atoms with van der Waals surface area (Å²) in [4.78, 5) is 35.9. The van der Waals surface area contributed by atoms with Crippen molar-refractivity contribution in [3.05, 3.63) is 65.7 Å². The Balaban J connectivity index is 1.09. The number of pyridine rings is 1. The fourth-order valence-electron chi connectivity index (χ4n) is 5.18. The molecule has 0 unspecified atom stereocenters. The zero-order chi connectivity index (χ0) is 25.6. The van der Waals surface area contributed by atoms with Crippen LogP contribution in [0.4, 0.5) is 5.82 Å². The van der Waals surface area contributed by atoms with Gasteiger partial charge in [-0.15, -0.1) is 0 Å². The van der Waals surface area contributed by atoms with Gasteiger partial charge in [0.05, 0.1) is 6.20 Å². The summed E-state index contributed by atoms with van der Waals surface area (Å²) in [7, 11) is 0. The molecule has 4 heterocycles. The van der Waals surface area contributed by atoms with Crippen LogP contribution in [0, 0.1) is 5.92 Å². The molecule has 0 bridgehead atoms. The lowest BCUT2D eigenvalue weighted by molar-refractivity contribution is -0.139. The number of fused-ring (bicyclic) bond motifs is 1. The van der Waals surface area contributed by atoms with E-state index in [1.807, 2.05) is 0 Å². The van der Waals surface area contributed by atoms with E-state index in [0.717, 1.165) is 63.3 Å². The largest absolute Gasteiger partial charge is 0.480 e. The minimum absolute atomic E-state index is 0.352. The highest BCUT2D eigenvalue weighted by atomic mass is 16.4. The van der Waals surface area contributed by atoms with E-state index < -0.39 is 17.9 Å². The van der Waals surface area contributed by atoms with E-state index in [0.29, 0.717) is 35.9 Å². The Labute approximate surface area is 216 Å². The molecule has 1 saturated heterocycles. The predicted octanol–water partition coefficient (Wildman–Crippen LogP) is 3.62. The van der Waals surface area contributed by atoms with Gasteiger partial charge in [0.1, 0.15) is 18.1 Å². The first-order valence-electron chi connectivity index (χ1n) is 13.0. The second kappa shape index (κ2) is 11.6. The van der Waals surface area contributed by atoms with Crippen LogP contribution in [-0.2, 0) is 17.6 Å². The summed E-state index contributed by atoms with van der Waals surface area (Å²) in [6.45, 7) is 3.52. The molecule has 5 rings (SSSR count). The molecule has 1 aromatic carbocycles. The molecule has 2 aliphatic rings. The summed E-state index contributed by atoms with van der Waals surface area (Å²) in [6, 6.07) is 10.2. The summed E-state index contributed by atoms with van der Waals surface area (Å²) in [5.41, 5.74) is 3.47. The van der Waals surface area contributed by atoms with Gasteiger partial charge in [-0.25, -0.2) is 14.8 Å². The number of nitrogens with zero attached hydrogens (tertiary/aromatic N) is 3. The number of aliphatic carboxylic acids is 1. The summed E-state index contributed by atoms with van der Waals surface area (Å²) >= 11 is 0. The van der Waals surface area contributed by atoms with Crippen molar-refractivity contribution in [1.29, 1.82) is 0 Å². The number of benzene rings is 1. The van der Waals surface area contributed by atoms with Crippen molar-refractivity contribution in [3.8, 4) is 11.5 Å². The molecule has 37 heavy (non-hydrogen) atoms. The molecule has 9 heteroatoms. The van der Waals surface area contributed by atoms with E-state index >= 15 is 0 Å². The third-order valence-electron chi connectivity index (χ3n) is 7.27.